The second-order valence-corrected chi connectivity index (χ2v) is 7.56. The van der Waals surface area contributed by atoms with Crippen molar-refractivity contribution in [1.82, 2.24) is 14.9 Å². The maximum Gasteiger partial charge on any atom is 0.213 e. The molecule has 1 aromatic heterocycles. The van der Waals surface area contributed by atoms with E-state index in [1.54, 1.807) is 16.4 Å². The summed E-state index contributed by atoms with van der Waals surface area (Å²) in [7, 11) is 0. The van der Waals surface area contributed by atoms with E-state index < -0.39 is 0 Å². The van der Waals surface area contributed by atoms with Gasteiger partial charge in [-0.2, -0.15) is 9.78 Å². The van der Waals surface area contributed by atoms with Crippen LogP contribution in [0.5, 0.6) is 0 Å². The number of hydrogen-bond acceptors (Lipinski definition) is 4. The van der Waals surface area contributed by atoms with E-state index in [4.69, 9.17) is 28.3 Å². The fourth-order valence-electron chi connectivity index (χ4n) is 2.52. The molecule has 7 heteroatoms. The summed E-state index contributed by atoms with van der Waals surface area (Å²) in [4.78, 5) is 0. The molecular weight excluding hydrogens is 363 g/mol. The van der Waals surface area contributed by atoms with Gasteiger partial charge in [0.1, 0.15) is 0 Å². The number of halogens is 2. The molecule has 0 saturated carbocycles. The minimum atomic E-state index is 0.181. The van der Waals surface area contributed by atoms with E-state index in [-0.39, 0.29) is 5.25 Å². The molecule has 2 heterocycles. The van der Waals surface area contributed by atoms with Crippen LogP contribution in [0.4, 0.5) is 0 Å². The van der Waals surface area contributed by atoms with Gasteiger partial charge in [-0.3, -0.25) is 0 Å². The zero-order valence-corrected chi connectivity index (χ0v) is 15.0. The van der Waals surface area contributed by atoms with Crippen molar-refractivity contribution in [3.8, 4) is 11.4 Å². The highest BCUT2D eigenvalue weighted by molar-refractivity contribution is 8.00. The van der Waals surface area contributed by atoms with Crippen LogP contribution in [0.3, 0.4) is 0 Å². The summed E-state index contributed by atoms with van der Waals surface area (Å²) in [6.07, 6.45) is 0. The van der Waals surface area contributed by atoms with Crippen molar-refractivity contribution in [2.24, 2.45) is 5.10 Å². The van der Waals surface area contributed by atoms with Crippen LogP contribution < -0.4 is 0 Å². The molecule has 4 nitrogen and oxygen atoms in total. The van der Waals surface area contributed by atoms with Gasteiger partial charge in [-0.15, -0.1) is 10.2 Å². The van der Waals surface area contributed by atoms with E-state index in [9.17, 15) is 0 Å². The molecule has 0 aliphatic carbocycles. The summed E-state index contributed by atoms with van der Waals surface area (Å²) in [6.45, 7) is 2.11. The van der Waals surface area contributed by atoms with Crippen LogP contribution in [0.2, 0.25) is 10.0 Å². The summed E-state index contributed by atoms with van der Waals surface area (Å²) < 4.78 is 1.79. The predicted octanol–water partition coefficient (Wildman–Crippen LogP) is 5.00. The van der Waals surface area contributed by atoms with Gasteiger partial charge in [-0.1, -0.05) is 47.1 Å². The van der Waals surface area contributed by atoms with Crippen molar-refractivity contribution in [2.45, 2.75) is 17.3 Å². The quantitative estimate of drug-likeness (QED) is 0.633. The molecule has 0 unspecified atom stereocenters. The van der Waals surface area contributed by atoms with Gasteiger partial charge in [0.2, 0.25) is 5.16 Å². The van der Waals surface area contributed by atoms with E-state index in [0.29, 0.717) is 15.9 Å². The summed E-state index contributed by atoms with van der Waals surface area (Å²) in [5, 5.41) is 15.7. The van der Waals surface area contributed by atoms with Crippen molar-refractivity contribution in [1.29, 1.82) is 0 Å². The average Bonchev–Trinajstić information content (AvgIpc) is 2.98. The Balaban J connectivity index is 1.81. The van der Waals surface area contributed by atoms with Gasteiger partial charge >= 0.3 is 0 Å². The van der Waals surface area contributed by atoms with Crippen LogP contribution in [0.25, 0.3) is 11.4 Å². The molecule has 120 valence electrons. The first-order valence-electron chi connectivity index (χ1n) is 7.34. The van der Waals surface area contributed by atoms with Crippen LogP contribution in [0.1, 0.15) is 12.5 Å². The van der Waals surface area contributed by atoms with Gasteiger partial charge in [0, 0.05) is 15.6 Å². The van der Waals surface area contributed by atoms with Crippen LogP contribution in [0.15, 0.2) is 58.8 Å². The van der Waals surface area contributed by atoms with E-state index in [1.807, 2.05) is 48.5 Å². The molecule has 3 aromatic rings. The lowest BCUT2D eigenvalue weighted by Crippen LogP contribution is -2.21. The minimum absolute atomic E-state index is 0.181. The number of rotatable bonds is 2. The molecule has 0 amide bonds. The third-order valence-corrected chi connectivity index (χ3v) is 5.28. The van der Waals surface area contributed by atoms with Crippen molar-refractivity contribution in [3.05, 3.63) is 64.1 Å². The monoisotopic (exact) mass is 374 g/mol. The third kappa shape index (κ3) is 2.83. The second-order valence-electron chi connectivity index (χ2n) is 5.38. The Morgan fingerprint density at radius 2 is 1.46 bits per heavy atom. The summed E-state index contributed by atoms with van der Waals surface area (Å²) in [5.41, 5.74) is 2.94. The van der Waals surface area contributed by atoms with Gasteiger partial charge in [-0.25, -0.2) is 0 Å². The first-order chi connectivity index (χ1) is 11.6. The summed E-state index contributed by atoms with van der Waals surface area (Å²) in [6, 6.07) is 15.2. The highest BCUT2D eigenvalue weighted by Crippen LogP contribution is 2.33. The third-order valence-electron chi connectivity index (χ3n) is 3.73. The Hall–Kier alpha value is -1.82. The number of benzene rings is 2. The molecule has 0 saturated heterocycles. The molecule has 24 heavy (non-hydrogen) atoms. The summed E-state index contributed by atoms with van der Waals surface area (Å²) in [5.74, 6) is 0.701. The highest BCUT2D eigenvalue weighted by atomic mass is 35.5. The highest BCUT2D eigenvalue weighted by Gasteiger charge is 2.26. The van der Waals surface area contributed by atoms with Gasteiger partial charge in [0.05, 0.1) is 11.0 Å². The smallest absolute Gasteiger partial charge is 0.187 e. The fourth-order valence-corrected chi connectivity index (χ4v) is 3.70. The zero-order chi connectivity index (χ0) is 16.7. The van der Waals surface area contributed by atoms with Crippen LogP contribution in [-0.2, 0) is 0 Å². The van der Waals surface area contributed by atoms with E-state index >= 15 is 0 Å². The molecule has 0 radical (unpaired) electrons. The molecule has 1 aliphatic heterocycles. The molecule has 2 aromatic carbocycles. The Kier molecular flexibility index (Phi) is 4.08. The van der Waals surface area contributed by atoms with E-state index in [0.717, 1.165) is 22.0 Å². The Morgan fingerprint density at radius 1 is 0.875 bits per heavy atom. The lowest BCUT2D eigenvalue weighted by molar-refractivity contribution is 0.754. The summed E-state index contributed by atoms with van der Waals surface area (Å²) >= 11 is 13.6. The van der Waals surface area contributed by atoms with Crippen LogP contribution in [0, 0.1) is 0 Å². The van der Waals surface area contributed by atoms with Gasteiger partial charge in [-0.05, 0) is 48.9 Å². The van der Waals surface area contributed by atoms with Crippen molar-refractivity contribution >= 4 is 40.7 Å². The van der Waals surface area contributed by atoms with E-state index in [1.165, 1.54) is 0 Å². The number of nitrogens with zero attached hydrogens (tertiary/aromatic N) is 4. The Morgan fingerprint density at radius 3 is 2.08 bits per heavy atom. The molecular formula is C17H12Cl2N4S. The average molecular weight is 375 g/mol. The Labute approximate surface area is 153 Å². The van der Waals surface area contributed by atoms with Crippen LogP contribution >= 0.6 is 35.0 Å². The lowest BCUT2D eigenvalue weighted by atomic mass is 10.1. The first kappa shape index (κ1) is 15.7. The zero-order valence-electron chi connectivity index (χ0n) is 12.6. The number of thioether (sulfide) groups is 1. The molecule has 0 bridgehead atoms. The molecule has 0 spiro atoms. The molecule has 1 aliphatic rings. The fraction of sp³-hybridized carbons (Fsp3) is 0.118. The largest absolute Gasteiger partial charge is 0.213 e. The topological polar surface area (TPSA) is 43.1 Å². The minimum Gasteiger partial charge on any atom is -0.187 e. The predicted molar refractivity (Wildman–Crippen MR) is 99.2 cm³/mol. The number of hydrogen-bond donors (Lipinski definition) is 0. The number of aromatic nitrogens is 3. The Bertz CT molecular complexity index is 917. The lowest BCUT2D eigenvalue weighted by Gasteiger charge is -2.20. The van der Waals surface area contributed by atoms with Gasteiger partial charge < -0.3 is 0 Å². The number of fused-ring (bicyclic) bond motifs is 1. The molecule has 0 N–H and O–H groups in total. The van der Waals surface area contributed by atoms with E-state index in [2.05, 4.69) is 17.1 Å². The first-order valence-corrected chi connectivity index (χ1v) is 8.98. The van der Waals surface area contributed by atoms with Crippen LogP contribution in [-0.4, -0.2) is 25.8 Å². The van der Waals surface area contributed by atoms with Gasteiger partial charge in [0.15, 0.2) is 5.82 Å². The maximum absolute atomic E-state index is 5.99. The van der Waals surface area contributed by atoms with Gasteiger partial charge in [0.25, 0.3) is 0 Å². The molecule has 4 rings (SSSR count). The SMILES string of the molecule is C[C@H]1Sc2nnc(-c3ccc(Cl)cc3)n2N=C1c1ccc(Cl)cc1. The standard InChI is InChI=1S/C17H12Cl2N4S/c1-10-15(11-2-6-13(18)7-3-11)22-23-16(20-21-17(23)24-10)12-4-8-14(19)9-5-12/h2-10H,1H3/t10-/m1/s1. The molecule has 0 fully saturated rings. The van der Waals surface area contributed by atoms with Crippen molar-refractivity contribution in [2.75, 3.05) is 0 Å². The van der Waals surface area contributed by atoms with Crippen molar-refractivity contribution in [3.63, 3.8) is 0 Å². The maximum atomic E-state index is 5.99. The molecule has 1 atom stereocenters. The van der Waals surface area contributed by atoms with Crippen molar-refractivity contribution < 1.29 is 0 Å². The normalized spacial score (nSPS) is 16.6. The second kappa shape index (κ2) is 6.24.